The predicted molar refractivity (Wildman–Crippen MR) is 221 cm³/mol. The number of benzene rings is 8. The van der Waals surface area contributed by atoms with Crippen LogP contribution in [0.15, 0.2) is 186 Å². The first kappa shape index (κ1) is 29.1. The summed E-state index contributed by atoms with van der Waals surface area (Å²) in [4.78, 5) is 2.41. The highest BCUT2D eigenvalue weighted by atomic mass is 32.1. The molecule has 0 aliphatic carbocycles. The molecule has 0 saturated heterocycles. The quantitative estimate of drug-likeness (QED) is 0.180. The molecule has 0 unspecified atom stereocenters. The number of aromatic nitrogens is 1. The minimum absolute atomic E-state index is 0.872. The number of nitrogens with zero attached hydrogens (tertiary/aromatic N) is 2. The lowest BCUT2D eigenvalue weighted by molar-refractivity contribution is 0.669. The molecule has 0 atom stereocenters. The Kier molecular flexibility index (Phi) is 6.42. The van der Waals surface area contributed by atoms with Crippen LogP contribution in [-0.2, 0) is 0 Å². The molecular weight excluding hydrogens is 653 g/mol. The molecule has 3 nitrogen and oxygen atoms in total. The van der Waals surface area contributed by atoms with E-state index in [-0.39, 0.29) is 0 Å². The molecular formula is C48H30N2OS. The lowest BCUT2D eigenvalue weighted by Gasteiger charge is -2.27. The second-order valence-corrected chi connectivity index (χ2v) is 14.4. The summed E-state index contributed by atoms with van der Waals surface area (Å²) in [5.41, 5.74) is 10.8. The second-order valence-electron chi connectivity index (χ2n) is 13.3. The lowest BCUT2D eigenvalue weighted by Crippen LogP contribution is -2.10. The fourth-order valence-corrected chi connectivity index (χ4v) is 9.29. The first-order valence-electron chi connectivity index (χ1n) is 17.6. The molecule has 52 heavy (non-hydrogen) atoms. The van der Waals surface area contributed by atoms with Crippen molar-refractivity contribution < 1.29 is 4.42 Å². The van der Waals surface area contributed by atoms with Gasteiger partial charge in [-0.15, -0.1) is 11.3 Å². The van der Waals surface area contributed by atoms with E-state index < -0.39 is 0 Å². The normalized spacial score (nSPS) is 11.8. The Morgan fingerprint density at radius 3 is 2.08 bits per heavy atom. The van der Waals surface area contributed by atoms with Gasteiger partial charge in [-0.1, -0.05) is 121 Å². The van der Waals surface area contributed by atoms with Crippen molar-refractivity contribution in [2.75, 3.05) is 4.90 Å². The molecule has 0 saturated carbocycles. The Balaban J connectivity index is 1.21. The molecule has 8 aromatic carbocycles. The highest BCUT2D eigenvalue weighted by Crippen LogP contribution is 2.48. The smallest absolute Gasteiger partial charge is 0.159 e. The van der Waals surface area contributed by atoms with E-state index in [4.69, 9.17) is 4.42 Å². The summed E-state index contributed by atoms with van der Waals surface area (Å²) in [6, 6.07) is 65.4. The molecule has 3 heterocycles. The highest BCUT2D eigenvalue weighted by molar-refractivity contribution is 7.26. The number of thiophene rings is 1. The van der Waals surface area contributed by atoms with Gasteiger partial charge in [-0.3, -0.25) is 0 Å². The van der Waals surface area contributed by atoms with E-state index in [0.29, 0.717) is 0 Å². The van der Waals surface area contributed by atoms with Crippen LogP contribution >= 0.6 is 11.3 Å². The van der Waals surface area contributed by atoms with Gasteiger partial charge >= 0.3 is 0 Å². The largest absolute Gasteiger partial charge is 0.454 e. The number of anilines is 3. The maximum atomic E-state index is 6.72. The Morgan fingerprint density at radius 1 is 0.481 bits per heavy atom. The molecule has 0 bridgehead atoms. The van der Waals surface area contributed by atoms with Gasteiger partial charge in [0.05, 0.1) is 22.4 Å². The third kappa shape index (κ3) is 4.31. The van der Waals surface area contributed by atoms with Crippen LogP contribution in [0.3, 0.4) is 0 Å². The van der Waals surface area contributed by atoms with Gasteiger partial charge in [-0.25, -0.2) is 0 Å². The van der Waals surface area contributed by atoms with Gasteiger partial charge in [0.15, 0.2) is 5.58 Å². The third-order valence-corrected chi connectivity index (χ3v) is 11.5. The van der Waals surface area contributed by atoms with Crippen LogP contribution in [0.2, 0.25) is 0 Å². The van der Waals surface area contributed by atoms with Crippen molar-refractivity contribution in [2.24, 2.45) is 0 Å². The zero-order valence-corrected chi connectivity index (χ0v) is 28.8. The maximum absolute atomic E-state index is 6.72. The highest BCUT2D eigenvalue weighted by Gasteiger charge is 2.23. The van der Waals surface area contributed by atoms with Crippen molar-refractivity contribution in [3.8, 4) is 16.8 Å². The Hall–Kier alpha value is -6.62. The molecule has 0 N–H and O–H groups in total. The zero-order valence-electron chi connectivity index (χ0n) is 28.0. The van der Waals surface area contributed by atoms with Crippen molar-refractivity contribution in [1.29, 1.82) is 0 Å². The van der Waals surface area contributed by atoms with Crippen LogP contribution in [0.5, 0.6) is 0 Å². The van der Waals surface area contributed by atoms with E-state index in [1.54, 1.807) is 0 Å². The minimum Gasteiger partial charge on any atom is -0.454 e. The molecule has 0 fully saturated rings. The average Bonchev–Trinajstić information content (AvgIpc) is 3.89. The van der Waals surface area contributed by atoms with Crippen molar-refractivity contribution in [2.45, 2.75) is 0 Å². The first-order chi connectivity index (χ1) is 25.8. The summed E-state index contributed by atoms with van der Waals surface area (Å²) in [6.07, 6.45) is 0. The minimum atomic E-state index is 0.872. The fraction of sp³-hybridized carbons (Fsp3) is 0. The van der Waals surface area contributed by atoms with Crippen molar-refractivity contribution in [3.63, 3.8) is 0 Å². The SMILES string of the molecule is c1ccc(-n2c3ccccc3c3cccc(-c4cccc(N(c5cccc6c5oc5ccccc56)c5cccc6sc7ccccc7c56)c4)c32)cc1. The topological polar surface area (TPSA) is 21.3 Å². The average molecular weight is 683 g/mol. The van der Waals surface area contributed by atoms with Crippen molar-refractivity contribution >= 4 is 92.3 Å². The lowest BCUT2D eigenvalue weighted by atomic mass is 10.00. The summed E-state index contributed by atoms with van der Waals surface area (Å²) in [5.74, 6) is 0. The number of hydrogen-bond acceptors (Lipinski definition) is 3. The zero-order chi connectivity index (χ0) is 34.2. The molecule has 11 rings (SSSR count). The molecule has 0 aliphatic heterocycles. The van der Waals surface area contributed by atoms with Gasteiger partial charge in [-0.2, -0.15) is 0 Å². The fourth-order valence-electron chi connectivity index (χ4n) is 8.17. The van der Waals surface area contributed by atoms with Gasteiger partial charge < -0.3 is 13.9 Å². The van der Waals surface area contributed by atoms with Gasteiger partial charge in [0.25, 0.3) is 0 Å². The molecule has 0 aliphatic rings. The number of para-hydroxylation sites is 5. The molecule has 0 amide bonds. The van der Waals surface area contributed by atoms with Gasteiger partial charge in [0, 0.05) is 58.7 Å². The van der Waals surface area contributed by atoms with E-state index in [0.717, 1.165) is 50.3 Å². The van der Waals surface area contributed by atoms with E-state index >= 15 is 0 Å². The van der Waals surface area contributed by atoms with Crippen LogP contribution in [0.25, 0.3) is 80.7 Å². The molecule has 3 aromatic heterocycles. The predicted octanol–water partition coefficient (Wildman–Crippen LogP) is 14.2. The van der Waals surface area contributed by atoms with Crippen LogP contribution in [-0.4, -0.2) is 4.57 Å². The van der Waals surface area contributed by atoms with E-state index in [1.165, 1.54) is 47.5 Å². The van der Waals surface area contributed by atoms with Crippen LogP contribution in [0, 0.1) is 0 Å². The van der Waals surface area contributed by atoms with Gasteiger partial charge in [-0.05, 0) is 66.2 Å². The summed E-state index contributed by atoms with van der Waals surface area (Å²) in [5, 5.41) is 7.21. The molecule has 4 heteroatoms. The summed E-state index contributed by atoms with van der Waals surface area (Å²) < 4.78 is 11.7. The second kappa shape index (κ2) is 11.5. The van der Waals surface area contributed by atoms with Crippen LogP contribution in [0.1, 0.15) is 0 Å². The molecule has 0 spiro atoms. The monoisotopic (exact) mass is 682 g/mol. The third-order valence-electron chi connectivity index (χ3n) is 10.4. The summed E-state index contributed by atoms with van der Waals surface area (Å²) >= 11 is 1.84. The molecule has 11 aromatic rings. The van der Waals surface area contributed by atoms with Crippen molar-refractivity contribution in [1.82, 2.24) is 4.57 Å². The Morgan fingerprint density at radius 2 is 1.15 bits per heavy atom. The first-order valence-corrected chi connectivity index (χ1v) is 18.4. The maximum Gasteiger partial charge on any atom is 0.159 e. The van der Waals surface area contributed by atoms with E-state index in [2.05, 4.69) is 185 Å². The van der Waals surface area contributed by atoms with Crippen molar-refractivity contribution in [3.05, 3.63) is 182 Å². The van der Waals surface area contributed by atoms with E-state index in [9.17, 15) is 0 Å². The van der Waals surface area contributed by atoms with Crippen LogP contribution < -0.4 is 4.90 Å². The number of fused-ring (bicyclic) bond motifs is 9. The van der Waals surface area contributed by atoms with Gasteiger partial charge in [0.1, 0.15) is 5.58 Å². The summed E-state index contributed by atoms with van der Waals surface area (Å²) in [7, 11) is 0. The standard InChI is InChI=1S/C48H30N2OS/c1-2-15-32(16-3-1)50-40-24-7-4-18-35(40)37-22-11-21-34(47(37)50)31-14-10-17-33(30-31)49(41-25-13-29-45-46(41)39-20-6-9-28-44(39)52-45)42-26-12-23-38-36-19-5-8-27-43(36)51-48(38)42/h1-30H. The molecule has 244 valence electrons. The Labute approximate surface area is 303 Å². The van der Waals surface area contributed by atoms with E-state index in [1.807, 2.05) is 17.4 Å². The summed E-state index contributed by atoms with van der Waals surface area (Å²) in [6.45, 7) is 0. The van der Waals surface area contributed by atoms with Crippen LogP contribution in [0.4, 0.5) is 17.1 Å². The number of furan rings is 1. The van der Waals surface area contributed by atoms with Gasteiger partial charge in [0.2, 0.25) is 0 Å². The molecule has 0 radical (unpaired) electrons. The Bertz CT molecular complexity index is 3150. The number of hydrogen-bond donors (Lipinski definition) is 0. The number of rotatable bonds is 5.